The first-order chi connectivity index (χ1) is 9.29. The van der Waals surface area contributed by atoms with Crippen LogP contribution < -0.4 is 4.90 Å². The molecule has 0 amide bonds. The van der Waals surface area contributed by atoms with Crippen molar-refractivity contribution in [3.05, 3.63) is 53.2 Å². The van der Waals surface area contributed by atoms with Gasteiger partial charge < -0.3 is 10.0 Å². The fourth-order valence-electron chi connectivity index (χ4n) is 2.21. The van der Waals surface area contributed by atoms with Crippen LogP contribution in [0.4, 0.5) is 5.82 Å². The Kier molecular flexibility index (Phi) is 3.23. The van der Waals surface area contributed by atoms with Gasteiger partial charge in [0.15, 0.2) is 10.8 Å². The Morgan fingerprint density at radius 2 is 2.11 bits per heavy atom. The van der Waals surface area contributed by atoms with Crippen LogP contribution in [0.2, 0.25) is 0 Å². The zero-order valence-corrected chi connectivity index (χ0v) is 11.5. The lowest BCUT2D eigenvalue weighted by molar-refractivity contribution is 0.276. The van der Waals surface area contributed by atoms with Gasteiger partial charge in [-0.1, -0.05) is 30.3 Å². The quantitative estimate of drug-likeness (QED) is 0.794. The molecule has 3 rings (SSSR count). The first-order valence-corrected chi connectivity index (χ1v) is 6.98. The molecule has 1 aromatic carbocycles. The molecule has 0 aliphatic carbocycles. The SMILES string of the molecule is CN(Cc1ccccc1)c1nc2sccn2c1CO. The zero-order chi connectivity index (χ0) is 13.2. The van der Waals surface area contributed by atoms with E-state index in [0.29, 0.717) is 0 Å². The van der Waals surface area contributed by atoms with E-state index in [2.05, 4.69) is 22.0 Å². The molecule has 0 radical (unpaired) electrons. The van der Waals surface area contributed by atoms with Crippen LogP contribution in [0.5, 0.6) is 0 Å². The van der Waals surface area contributed by atoms with Gasteiger partial charge in [-0.15, -0.1) is 11.3 Å². The molecule has 3 aromatic rings. The van der Waals surface area contributed by atoms with Gasteiger partial charge in [0.05, 0.1) is 12.3 Å². The van der Waals surface area contributed by atoms with Gasteiger partial charge in [0.2, 0.25) is 0 Å². The highest BCUT2D eigenvalue weighted by atomic mass is 32.1. The van der Waals surface area contributed by atoms with Crippen molar-refractivity contribution in [2.45, 2.75) is 13.2 Å². The number of aliphatic hydroxyl groups is 1. The monoisotopic (exact) mass is 273 g/mol. The Morgan fingerprint density at radius 1 is 1.32 bits per heavy atom. The van der Waals surface area contributed by atoms with E-state index in [9.17, 15) is 5.11 Å². The number of benzene rings is 1. The van der Waals surface area contributed by atoms with E-state index in [1.54, 1.807) is 11.3 Å². The Labute approximate surface area is 115 Å². The summed E-state index contributed by atoms with van der Waals surface area (Å²) in [5.41, 5.74) is 2.07. The number of hydrogen-bond acceptors (Lipinski definition) is 4. The van der Waals surface area contributed by atoms with Gasteiger partial charge in [-0.25, -0.2) is 4.98 Å². The molecule has 2 aromatic heterocycles. The molecule has 2 heterocycles. The highest BCUT2D eigenvalue weighted by Crippen LogP contribution is 2.24. The van der Waals surface area contributed by atoms with Crippen molar-refractivity contribution in [2.24, 2.45) is 0 Å². The molecule has 0 saturated carbocycles. The van der Waals surface area contributed by atoms with Gasteiger partial charge in [-0.3, -0.25) is 4.40 Å². The lowest BCUT2D eigenvalue weighted by Gasteiger charge is -2.17. The first kappa shape index (κ1) is 12.2. The number of rotatable bonds is 4. The predicted molar refractivity (Wildman–Crippen MR) is 77.5 cm³/mol. The summed E-state index contributed by atoms with van der Waals surface area (Å²) in [6.07, 6.45) is 1.94. The number of imidazole rings is 1. The normalized spacial score (nSPS) is 11.1. The molecule has 0 fully saturated rings. The third kappa shape index (κ3) is 2.22. The molecule has 0 unspecified atom stereocenters. The summed E-state index contributed by atoms with van der Waals surface area (Å²) in [5, 5.41) is 11.5. The summed E-state index contributed by atoms with van der Waals surface area (Å²) in [6.45, 7) is 0.769. The molecule has 5 heteroatoms. The minimum absolute atomic E-state index is 0.00758. The average Bonchev–Trinajstić information content (AvgIpc) is 2.99. The molecule has 0 aliphatic heterocycles. The van der Waals surface area contributed by atoms with Gasteiger partial charge >= 0.3 is 0 Å². The molecule has 98 valence electrons. The largest absolute Gasteiger partial charge is 0.390 e. The first-order valence-electron chi connectivity index (χ1n) is 6.10. The molecule has 0 saturated heterocycles. The molecular formula is C14H15N3OS. The Balaban J connectivity index is 1.92. The highest BCUT2D eigenvalue weighted by molar-refractivity contribution is 7.15. The van der Waals surface area contributed by atoms with Gasteiger partial charge in [-0.05, 0) is 5.56 Å². The third-order valence-corrected chi connectivity index (χ3v) is 3.87. The summed E-state index contributed by atoms with van der Waals surface area (Å²) in [4.78, 5) is 7.57. The van der Waals surface area contributed by atoms with E-state index in [-0.39, 0.29) is 6.61 Å². The minimum Gasteiger partial charge on any atom is -0.390 e. The highest BCUT2D eigenvalue weighted by Gasteiger charge is 2.15. The number of aromatic nitrogens is 2. The molecule has 0 atom stereocenters. The van der Waals surface area contributed by atoms with E-state index in [1.165, 1.54) is 5.56 Å². The number of anilines is 1. The van der Waals surface area contributed by atoms with Crippen molar-refractivity contribution in [1.82, 2.24) is 9.38 Å². The van der Waals surface area contributed by atoms with Gasteiger partial charge in [0, 0.05) is 25.2 Å². The van der Waals surface area contributed by atoms with Crippen LogP contribution in [0.25, 0.3) is 4.96 Å². The standard InChI is InChI=1S/C14H15N3OS/c1-16(9-11-5-3-2-4-6-11)13-12(10-18)17-7-8-19-14(17)15-13/h2-8,18H,9-10H2,1H3. The number of hydrogen-bond donors (Lipinski definition) is 1. The van der Waals surface area contributed by atoms with Crippen LogP contribution in [0, 0.1) is 0 Å². The van der Waals surface area contributed by atoms with E-state index >= 15 is 0 Å². The maximum absolute atomic E-state index is 9.56. The topological polar surface area (TPSA) is 40.8 Å². The smallest absolute Gasteiger partial charge is 0.195 e. The molecule has 0 bridgehead atoms. The van der Waals surface area contributed by atoms with Crippen molar-refractivity contribution in [1.29, 1.82) is 0 Å². The van der Waals surface area contributed by atoms with Crippen molar-refractivity contribution < 1.29 is 5.11 Å². The van der Waals surface area contributed by atoms with Crippen LogP contribution in [0.1, 0.15) is 11.3 Å². The van der Waals surface area contributed by atoms with Crippen LogP contribution in [-0.4, -0.2) is 21.5 Å². The van der Waals surface area contributed by atoms with Crippen molar-refractivity contribution in [2.75, 3.05) is 11.9 Å². The summed E-state index contributed by atoms with van der Waals surface area (Å²) in [5.74, 6) is 0.846. The lowest BCUT2D eigenvalue weighted by Crippen LogP contribution is -2.18. The molecule has 0 spiro atoms. The summed E-state index contributed by atoms with van der Waals surface area (Å²) >= 11 is 1.58. The zero-order valence-electron chi connectivity index (χ0n) is 10.7. The maximum Gasteiger partial charge on any atom is 0.195 e. The van der Waals surface area contributed by atoms with Crippen LogP contribution >= 0.6 is 11.3 Å². The average molecular weight is 273 g/mol. The summed E-state index contributed by atoms with van der Waals surface area (Å²) in [6, 6.07) is 10.3. The maximum atomic E-state index is 9.56. The number of fused-ring (bicyclic) bond motifs is 1. The molecular weight excluding hydrogens is 258 g/mol. The van der Waals surface area contributed by atoms with E-state index in [4.69, 9.17) is 0 Å². The summed E-state index contributed by atoms with van der Waals surface area (Å²) < 4.78 is 1.95. The number of thiazole rings is 1. The van der Waals surface area contributed by atoms with Crippen molar-refractivity contribution >= 4 is 22.1 Å². The lowest BCUT2D eigenvalue weighted by atomic mass is 10.2. The van der Waals surface area contributed by atoms with Crippen LogP contribution in [0.15, 0.2) is 41.9 Å². The molecule has 19 heavy (non-hydrogen) atoms. The van der Waals surface area contributed by atoms with E-state index < -0.39 is 0 Å². The van der Waals surface area contributed by atoms with E-state index in [0.717, 1.165) is 23.0 Å². The van der Waals surface area contributed by atoms with Crippen LogP contribution in [-0.2, 0) is 13.2 Å². The Morgan fingerprint density at radius 3 is 2.84 bits per heavy atom. The van der Waals surface area contributed by atoms with Crippen LogP contribution in [0.3, 0.4) is 0 Å². The van der Waals surface area contributed by atoms with Crippen molar-refractivity contribution in [3.63, 3.8) is 0 Å². The van der Waals surface area contributed by atoms with Gasteiger partial charge in [0.1, 0.15) is 0 Å². The number of nitrogens with zero attached hydrogens (tertiary/aromatic N) is 3. The Bertz CT molecular complexity index is 674. The summed E-state index contributed by atoms with van der Waals surface area (Å²) in [7, 11) is 2.00. The number of aliphatic hydroxyl groups excluding tert-OH is 1. The van der Waals surface area contributed by atoms with E-state index in [1.807, 2.05) is 41.2 Å². The second kappa shape index (κ2) is 5.03. The Hall–Kier alpha value is -1.85. The van der Waals surface area contributed by atoms with Crippen molar-refractivity contribution in [3.8, 4) is 0 Å². The van der Waals surface area contributed by atoms with Gasteiger partial charge in [0.25, 0.3) is 0 Å². The predicted octanol–water partition coefficient (Wildman–Crippen LogP) is 2.52. The molecule has 4 nitrogen and oxygen atoms in total. The molecule has 0 aliphatic rings. The third-order valence-electron chi connectivity index (χ3n) is 3.11. The second-order valence-electron chi connectivity index (χ2n) is 4.44. The fourth-order valence-corrected chi connectivity index (χ4v) is 2.93. The fraction of sp³-hybridized carbons (Fsp3) is 0.214. The minimum atomic E-state index is -0.00758. The van der Waals surface area contributed by atoms with Gasteiger partial charge in [-0.2, -0.15) is 0 Å². The molecule has 1 N–H and O–H groups in total. The second-order valence-corrected chi connectivity index (χ2v) is 5.31.